The van der Waals surface area contributed by atoms with Crippen molar-refractivity contribution in [2.45, 2.75) is 0 Å². The Labute approximate surface area is 44.7 Å². The summed E-state index contributed by atoms with van der Waals surface area (Å²) in [4.78, 5) is 22.7. The third kappa shape index (κ3) is 1.57. The second-order valence-corrected chi connectivity index (χ2v) is 0.870. The van der Waals surface area contributed by atoms with Crippen LogP contribution in [0.1, 0.15) is 0 Å². The number of carbonyl (C=O) groups is 2. The molecule has 0 atom stereocenters. The average Bonchev–Trinajstić information content (AvgIpc) is 1.84. The van der Waals surface area contributed by atoms with E-state index >= 15 is 0 Å². The quantitative estimate of drug-likeness (QED) is 0.195. The van der Waals surface area contributed by atoms with Crippen LogP contribution in [-0.4, -0.2) is 24.3 Å². The van der Waals surface area contributed by atoms with E-state index in [0.717, 1.165) is 7.11 Å². The fourth-order valence-electron chi connectivity index (χ4n) is 0.121. The summed E-state index contributed by atoms with van der Waals surface area (Å²) in [5, 5.41) is 7.49. The molecule has 0 saturated heterocycles. The van der Waals surface area contributed by atoms with E-state index < -0.39 is 11.9 Å². The van der Waals surface area contributed by atoms with Crippen LogP contribution >= 0.6 is 0 Å². The third-order valence-corrected chi connectivity index (χ3v) is 0.435. The minimum absolute atomic E-state index is 0.999. The number of hydrogen-bond acceptors (Lipinski definition) is 5. The number of methoxy groups -OCH3 is 1. The number of hydrogen-bond donors (Lipinski definition) is 1. The molecule has 0 unspecified atom stereocenters. The van der Waals surface area contributed by atoms with Crippen LogP contribution in [0.5, 0.6) is 0 Å². The molecule has 0 saturated carbocycles. The highest BCUT2D eigenvalue weighted by Crippen LogP contribution is 1.75. The average molecular weight is 120 g/mol. The van der Waals surface area contributed by atoms with Gasteiger partial charge >= 0.3 is 11.9 Å². The maximum Gasteiger partial charge on any atom is 0.449 e. The van der Waals surface area contributed by atoms with Crippen LogP contribution in [0.15, 0.2) is 0 Å². The highest BCUT2D eigenvalue weighted by atomic mass is 17.1. The summed E-state index contributed by atoms with van der Waals surface area (Å²) in [7, 11) is 0.999. The fourth-order valence-corrected chi connectivity index (χ4v) is 0.121. The van der Waals surface area contributed by atoms with Gasteiger partial charge in [0.1, 0.15) is 0 Å². The van der Waals surface area contributed by atoms with Crippen LogP contribution < -0.4 is 0 Å². The Morgan fingerprint density at radius 1 is 1.38 bits per heavy atom. The smallest absolute Gasteiger partial charge is 0.449 e. The molecule has 46 valence electrons. The van der Waals surface area contributed by atoms with Crippen molar-refractivity contribution < 1.29 is 24.5 Å². The molecular formula is C3H4O5. The molecule has 5 heteroatoms. The summed E-state index contributed by atoms with van der Waals surface area (Å²) >= 11 is 0. The van der Waals surface area contributed by atoms with Gasteiger partial charge in [0.05, 0.1) is 7.11 Å². The molecule has 8 heavy (non-hydrogen) atoms. The normalized spacial score (nSPS) is 7.75. The summed E-state index contributed by atoms with van der Waals surface area (Å²) < 4.78 is 3.83. The zero-order valence-corrected chi connectivity index (χ0v) is 4.08. The minimum atomic E-state index is -1.42. The third-order valence-electron chi connectivity index (χ3n) is 0.435. The van der Waals surface area contributed by atoms with Gasteiger partial charge in [-0.05, 0) is 0 Å². The van der Waals surface area contributed by atoms with Crippen molar-refractivity contribution in [1.29, 1.82) is 0 Å². The van der Waals surface area contributed by atoms with Crippen molar-refractivity contribution in [2.75, 3.05) is 7.11 Å². The Morgan fingerprint density at radius 2 is 1.88 bits per heavy atom. The molecule has 1 N–H and O–H groups in total. The Hall–Kier alpha value is -1.10. The molecule has 0 amide bonds. The number of ether oxygens (including phenoxy) is 1. The van der Waals surface area contributed by atoms with E-state index in [2.05, 4.69) is 9.62 Å². The second kappa shape index (κ2) is 2.98. The van der Waals surface area contributed by atoms with Crippen LogP contribution in [0.3, 0.4) is 0 Å². The Morgan fingerprint density at radius 3 is 2.00 bits per heavy atom. The summed E-state index contributed by atoms with van der Waals surface area (Å²) in [6.45, 7) is 0. The fraction of sp³-hybridized carbons (Fsp3) is 0.333. The van der Waals surface area contributed by atoms with Crippen LogP contribution in [0.2, 0.25) is 0 Å². The lowest BCUT2D eigenvalue weighted by atomic mass is 10.7. The standard InChI is InChI=1S/C3H4O5/c1-7-2(4)3(5)8-6/h6H,1H3. The van der Waals surface area contributed by atoms with E-state index in [1.54, 1.807) is 0 Å². The van der Waals surface area contributed by atoms with Crippen molar-refractivity contribution in [3.05, 3.63) is 0 Å². The van der Waals surface area contributed by atoms with Gasteiger partial charge in [0, 0.05) is 0 Å². The summed E-state index contributed by atoms with van der Waals surface area (Å²) in [5.41, 5.74) is 0. The molecule has 0 aromatic rings. The number of rotatable bonds is 0. The molecule has 0 spiro atoms. The first-order valence-electron chi connectivity index (χ1n) is 1.66. The molecule has 0 aliphatic carbocycles. The van der Waals surface area contributed by atoms with Gasteiger partial charge in [-0.15, -0.1) is 0 Å². The highest BCUT2D eigenvalue weighted by Gasteiger charge is 2.14. The van der Waals surface area contributed by atoms with Crippen LogP contribution in [-0.2, 0) is 19.2 Å². The van der Waals surface area contributed by atoms with Crippen LogP contribution in [0.4, 0.5) is 0 Å². The monoisotopic (exact) mass is 120 g/mol. The van der Waals surface area contributed by atoms with Crippen molar-refractivity contribution in [1.82, 2.24) is 0 Å². The predicted octanol–water partition coefficient (Wildman–Crippen LogP) is -0.824. The highest BCUT2D eigenvalue weighted by molar-refractivity contribution is 6.29. The Bertz CT molecular complexity index is 92.2. The van der Waals surface area contributed by atoms with Crippen molar-refractivity contribution in [2.24, 2.45) is 0 Å². The molecule has 0 aliphatic rings. The molecular weight excluding hydrogens is 116 g/mol. The maximum atomic E-state index is 9.89. The maximum absolute atomic E-state index is 9.89. The largest absolute Gasteiger partial charge is 0.461 e. The van der Waals surface area contributed by atoms with Gasteiger partial charge in [-0.2, -0.15) is 5.26 Å². The molecule has 0 aromatic heterocycles. The number of esters is 1. The molecule has 5 nitrogen and oxygen atoms in total. The summed E-state index contributed by atoms with van der Waals surface area (Å²) in [5.74, 6) is -2.65. The molecule has 0 aromatic carbocycles. The van der Waals surface area contributed by atoms with E-state index in [4.69, 9.17) is 5.26 Å². The van der Waals surface area contributed by atoms with Crippen molar-refractivity contribution >= 4 is 11.9 Å². The van der Waals surface area contributed by atoms with Gasteiger partial charge < -0.3 is 4.74 Å². The summed E-state index contributed by atoms with van der Waals surface area (Å²) in [6.07, 6.45) is 0. The number of carbonyl (C=O) groups excluding carboxylic acids is 2. The zero-order chi connectivity index (χ0) is 6.57. The molecule has 0 rings (SSSR count). The minimum Gasteiger partial charge on any atom is -0.461 e. The van der Waals surface area contributed by atoms with E-state index in [0.29, 0.717) is 0 Å². The topological polar surface area (TPSA) is 72.8 Å². The van der Waals surface area contributed by atoms with Crippen molar-refractivity contribution in [3.8, 4) is 0 Å². The van der Waals surface area contributed by atoms with Crippen molar-refractivity contribution in [3.63, 3.8) is 0 Å². The molecule has 0 aliphatic heterocycles. The van der Waals surface area contributed by atoms with Gasteiger partial charge in [0.15, 0.2) is 0 Å². The first kappa shape index (κ1) is 6.90. The predicted molar refractivity (Wildman–Crippen MR) is 20.7 cm³/mol. The Balaban J connectivity index is 3.64. The Kier molecular flexibility index (Phi) is 2.57. The molecule has 0 heterocycles. The molecule has 0 fully saturated rings. The molecule has 0 radical (unpaired) electrons. The lowest BCUT2D eigenvalue weighted by molar-refractivity contribution is -0.236. The van der Waals surface area contributed by atoms with Gasteiger partial charge in [0.2, 0.25) is 0 Å². The van der Waals surface area contributed by atoms with E-state index in [1.807, 2.05) is 0 Å². The van der Waals surface area contributed by atoms with E-state index in [9.17, 15) is 9.59 Å². The van der Waals surface area contributed by atoms with E-state index in [-0.39, 0.29) is 0 Å². The SMILES string of the molecule is COC(=O)C(=O)OO. The van der Waals surface area contributed by atoms with Crippen LogP contribution in [0.25, 0.3) is 0 Å². The van der Waals surface area contributed by atoms with Gasteiger partial charge in [-0.1, -0.05) is 0 Å². The van der Waals surface area contributed by atoms with E-state index in [1.165, 1.54) is 0 Å². The summed E-state index contributed by atoms with van der Waals surface area (Å²) in [6, 6.07) is 0. The lowest BCUT2D eigenvalue weighted by Crippen LogP contribution is -2.16. The molecule has 0 bridgehead atoms. The van der Waals surface area contributed by atoms with Gasteiger partial charge in [-0.3, -0.25) is 4.89 Å². The first-order valence-corrected chi connectivity index (χ1v) is 1.66. The van der Waals surface area contributed by atoms with Gasteiger partial charge in [-0.25, -0.2) is 9.59 Å². The second-order valence-electron chi connectivity index (χ2n) is 0.870. The zero-order valence-electron chi connectivity index (χ0n) is 4.08. The van der Waals surface area contributed by atoms with Crippen LogP contribution in [0, 0.1) is 0 Å². The first-order chi connectivity index (χ1) is 3.72. The lowest BCUT2D eigenvalue weighted by Gasteiger charge is -1.90. The van der Waals surface area contributed by atoms with Gasteiger partial charge in [0.25, 0.3) is 0 Å².